The molecule has 0 N–H and O–H groups in total. The van der Waals surface area contributed by atoms with Gasteiger partial charge in [0.25, 0.3) is 0 Å². The van der Waals surface area contributed by atoms with Gasteiger partial charge < -0.3 is 4.74 Å². The van der Waals surface area contributed by atoms with Crippen molar-refractivity contribution in [3.8, 4) is 6.07 Å². The molecule has 2 fully saturated rings. The largest absolute Gasteiger partial charge is 0.360 e. The summed E-state index contributed by atoms with van der Waals surface area (Å²) in [7, 11) is 0. The van der Waals surface area contributed by atoms with E-state index >= 15 is 0 Å². The molecule has 3 nitrogen and oxygen atoms in total. The third kappa shape index (κ3) is 1.24. The molecule has 0 spiro atoms. The minimum absolute atomic E-state index is 0.177. The normalized spacial score (nSPS) is 38.1. The molecule has 60 valence electrons. The fourth-order valence-corrected chi connectivity index (χ4v) is 1.90. The van der Waals surface area contributed by atoms with Crippen LogP contribution in [0.25, 0.3) is 0 Å². The maximum absolute atomic E-state index is 8.61. The Balaban J connectivity index is 1.97. The number of nitrogens with zero attached hydrogens (tertiary/aromatic N) is 2. The Morgan fingerprint density at radius 1 is 1.55 bits per heavy atom. The van der Waals surface area contributed by atoms with E-state index in [2.05, 4.69) is 11.0 Å². The lowest BCUT2D eigenvalue weighted by Gasteiger charge is -2.31. The van der Waals surface area contributed by atoms with Crippen LogP contribution in [0.1, 0.15) is 12.8 Å². The van der Waals surface area contributed by atoms with Gasteiger partial charge >= 0.3 is 0 Å². The van der Waals surface area contributed by atoms with Gasteiger partial charge in [0.15, 0.2) is 6.10 Å². The lowest BCUT2D eigenvalue weighted by molar-refractivity contribution is -0.0217. The first kappa shape index (κ1) is 7.08. The van der Waals surface area contributed by atoms with Gasteiger partial charge in [-0.3, -0.25) is 4.90 Å². The monoisotopic (exact) mass is 152 g/mol. The molecule has 2 aliphatic rings. The zero-order chi connectivity index (χ0) is 7.68. The van der Waals surface area contributed by atoms with Crippen molar-refractivity contribution >= 4 is 0 Å². The first-order valence-electron chi connectivity index (χ1n) is 4.15. The molecule has 0 aliphatic carbocycles. The average Bonchev–Trinajstić information content (AvgIpc) is 2.50. The van der Waals surface area contributed by atoms with Crippen LogP contribution in [0.15, 0.2) is 0 Å². The second-order valence-electron chi connectivity index (χ2n) is 3.24. The van der Waals surface area contributed by atoms with Crippen LogP contribution in [0, 0.1) is 11.3 Å². The van der Waals surface area contributed by atoms with Crippen LogP contribution in [-0.4, -0.2) is 36.7 Å². The van der Waals surface area contributed by atoms with Gasteiger partial charge in [-0.2, -0.15) is 5.26 Å². The van der Waals surface area contributed by atoms with Crippen LogP contribution < -0.4 is 0 Å². The molecule has 0 bridgehead atoms. The number of morpholine rings is 1. The highest BCUT2D eigenvalue weighted by atomic mass is 16.5. The van der Waals surface area contributed by atoms with Crippen LogP contribution in [0.4, 0.5) is 0 Å². The maximum atomic E-state index is 8.61. The first-order chi connectivity index (χ1) is 5.40. The van der Waals surface area contributed by atoms with Crippen molar-refractivity contribution in [2.75, 3.05) is 19.7 Å². The Hall–Kier alpha value is -0.590. The molecule has 0 saturated carbocycles. The topological polar surface area (TPSA) is 36.3 Å². The van der Waals surface area contributed by atoms with Crippen molar-refractivity contribution in [2.24, 2.45) is 0 Å². The third-order valence-electron chi connectivity index (χ3n) is 2.53. The SMILES string of the molecule is N#C[C@H]1CN2CCC[C@@H]2CO1. The molecule has 2 heterocycles. The second kappa shape index (κ2) is 2.80. The number of fused-ring (bicyclic) bond motifs is 1. The Morgan fingerprint density at radius 2 is 2.45 bits per heavy atom. The zero-order valence-corrected chi connectivity index (χ0v) is 6.49. The molecule has 0 aromatic rings. The molecule has 2 atom stereocenters. The number of ether oxygens (including phenoxy) is 1. The molecule has 3 heteroatoms. The van der Waals surface area contributed by atoms with E-state index in [0.717, 1.165) is 19.7 Å². The highest BCUT2D eigenvalue weighted by molar-refractivity contribution is 4.94. The minimum atomic E-state index is -0.177. The van der Waals surface area contributed by atoms with E-state index in [0.29, 0.717) is 6.04 Å². The summed E-state index contributed by atoms with van der Waals surface area (Å²) in [6, 6.07) is 2.76. The highest BCUT2D eigenvalue weighted by Gasteiger charge is 2.31. The van der Waals surface area contributed by atoms with E-state index in [4.69, 9.17) is 10.00 Å². The molecular formula is C8H12N2O. The highest BCUT2D eigenvalue weighted by Crippen LogP contribution is 2.21. The molecule has 0 amide bonds. The molecule has 2 saturated heterocycles. The number of rotatable bonds is 0. The summed E-state index contributed by atoms with van der Waals surface area (Å²) >= 11 is 0. The summed E-state index contributed by atoms with van der Waals surface area (Å²) in [5, 5.41) is 8.61. The van der Waals surface area contributed by atoms with Gasteiger partial charge in [0.05, 0.1) is 12.7 Å². The van der Waals surface area contributed by atoms with E-state index in [1.54, 1.807) is 0 Å². The fraction of sp³-hybridized carbons (Fsp3) is 0.875. The summed E-state index contributed by atoms with van der Waals surface area (Å²) in [6.07, 6.45) is 2.34. The summed E-state index contributed by atoms with van der Waals surface area (Å²) < 4.78 is 5.34. The standard InChI is InChI=1S/C8H12N2O/c9-4-8-5-10-3-1-2-7(10)6-11-8/h7-8H,1-3,5-6H2/t7-,8+/m1/s1. The molecule has 0 radical (unpaired) electrons. The van der Waals surface area contributed by atoms with Crippen LogP contribution in [0.5, 0.6) is 0 Å². The van der Waals surface area contributed by atoms with E-state index in [1.165, 1.54) is 12.8 Å². The number of hydrogen-bond donors (Lipinski definition) is 0. The van der Waals surface area contributed by atoms with E-state index < -0.39 is 0 Å². The van der Waals surface area contributed by atoms with Gasteiger partial charge in [0.1, 0.15) is 0 Å². The summed E-state index contributed by atoms with van der Waals surface area (Å²) in [5.74, 6) is 0. The van der Waals surface area contributed by atoms with Crippen molar-refractivity contribution in [3.63, 3.8) is 0 Å². The molecule has 0 unspecified atom stereocenters. The first-order valence-corrected chi connectivity index (χ1v) is 4.15. The molecule has 0 aromatic carbocycles. The maximum Gasteiger partial charge on any atom is 0.156 e. The molecule has 2 rings (SSSR count). The van der Waals surface area contributed by atoms with Crippen molar-refractivity contribution < 1.29 is 4.74 Å². The summed E-state index contributed by atoms with van der Waals surface area (Å²) in [5.41, 5.74) is 0. The van der Waals surface area contributed by atoms with Gasteiger partial charge in [-0.05, 0) is 19.4 Å². The van der Waals surface area contributed by atoms with Crippen LogP contribution >= 0.6 is 0 Å². The van der Waals surface area contributed by atoms with E-state index in [9.17, 15) is 0 Å². The molecule has 11 heavy (non-hydrogen) atoms. The lowest BCUT2D eigenvalue weighted by atomic mass is 10.2. The predicted molar refractivity (Wildman–Crippen MR) is 39.9 cm³/mol. The van der Waals surface area contributed by atoms with Crippen molar-refractivity contribution in [1.82, 2.24) is 4.90 Å². The minimum Gasteiger partial charge on any atom is -0.360 e. The summed E-state index contributed by atoms with van der Waals surface area (Å²) in [6.45, 7) is 2.74. The fourth-order valence-electron chi connectivity index (χ4n) is 1.90. The number of hydrogen-bond acceptors (Lipinski definition) is 3. The van der Waals surface area contributed by atoms with Crippen LogP contribution in [0.2, 0.25) is 0 Å². The van der Waals surface area contributed by atoms with Crippen LogP contribution in [0.3, 0.4) is 0 Å². The average molecular weight is 152 g/mol. The van der Waals surface area contributed by atoms with Crippen LogP contribution in [-0.2, 0) is 4.74 Å². The lowest BCUT2D eigenvalue weighted by Crippen LogP contribution is -2.45. The van der Waals surface area contributed by atoms with Gasteiger partial charge in [-0.1, -0.05) is 0 Å². The van der Waals surface area contributed by atoms with Crippen molar-refractivity contribution in [3.05, 3.63) is 0 Å². The molecule has 2 aliphatic heterocycles. The molecule has 0 aromatic heterocycles. The van der Waals surface area contributed by atoms with Gasteiger partial charge in [-0.15, -0.1) is 0 Å². The van der Waals surface area contributed by atoms with Crippen molar-refractivity contribution in [1.29, 1.82) is 5.26 Å². The Labute approximate surface area is 66.5 Å². The van der Waals surface area contributed by atoms with Gasteiger partial charge in [0, 0.05) is 12.6 Å². The smallest absolute Gasteiger partial charge is 0.156 e. The summed E-state index contributed by atoms with van der Waals surface area (Å²) in [4.78, 5) is 2.37. The predicted octanol–water partition coefficient (Wildman–Crippen LogP) is 0.373. The molecular weight excluding hydrogens is 140 g/mol. The van der Waals surface area contributed by atoms with Gasteiger partial charge in [-0.25, -0.2) is 0 Å². The third-order valence-corrected chi connectivity index (χ3v) is 2.53. The zero-order valence-electron chi connectivity index (χ0n) is 6.49. The number of nitriles is 1. The Morgan fingerprint density at radius 3 is 3.27 bits per heavy atom. The Kier molecular flexibility index (Phi) is 1.80. The van der Waals surface area contributed by atoms with Gasteiger partial charge in [0.2, 0.25) is 0 Å². The van der Waals surface area contributed by atoms with Crippen molar-refractivity contribution in [2.45, 2.75) is 25.0 Å². The Bertz CT molecular complexity index is 187. The second-order valence-corrected chi connectivity index (χ2v) is 3.24. The quantitative estimate of drug-likeness (QED) is 0.503. The van der Waals surface area contributed by atoms with E-state index in [1.807, 2.05) is 0 Å². The van der Waals surface area contributed by atoms with E-state index in [-0.39, 0.29) is 6.10 Å².